The second-order valence-electron chi connectivity index (χ2n) is 5.41. The summed E-state index contributed by atoms with van der Waals surface area (Å²) in [6, 6.07) is 9.69. The molecule has 3 rings (SSSR count). The summed E-state index contributed by atoms with van der Waals surface area (Å²) in [6.45, 7) is 2.22. The van der Waals surface area contributed by atoms with Gasteiger partial charge in [-0.1, -0.05) is 30.3 Å². The fourth-order valence-electron chi connectivity index (χ4n) is 2.87. The summed E-state index contributed by atoms with van der Waals surface area (Å²) in [6.07, 6.45) is 2.43. The number of amides is 1. The van der Waals surface area contributed by atoms with Crippen molar-refractivity contribution in [1.82, 2.24) is 4.90 Å². The summed E-state index contributed by atoms with van der Waals surface area (Å²) in [5, 5.41) is 0. The average Bonchev–Trinajstić information content (AvgIpc) is 3.08. The lowest BCUT2D eigenvalue weighted by molar-refractivity contribution is -0.104. The lowest BCUT2D eigenvalue weighted by Gasteiger charge is -2.37. The summed E-state index contributed by atoms with van der Waals surface area (Å²) in [7, 11) is 0. The van der Waals surface area contributed by atoms with E-state index in [-0.39, 0.29) is 18.4 Å². The smallest absolute Gasteiger partial charge is 0.410 e. The molecule has 114 valence electrons. The maximum atomic E-state index is 12.3. The molecule has 1 unspecified atom stereocenters. The summed E-state index contributed by atoms with van der Waals surface area (Å²) in [4.78, 5) is 14.1. The van der Waals surface area contributed by atoms with E-state index in [9.17, 15) is 4.79 Å². The lowest BCUT2D eigenvalue weighted by Crippen LogP contribution is -2.50. The highest BCUT2D eigenvalue weighted by Crippen LogP contribution is 2.25. The Morgan fingerprint density at radius 3 is 2.71 bits per heavy atom. The van der Waals surface area contributed by atoms with Crippen LogP contribution in [-0.2, 0) is 20.8 Å². The minimum atomic E-state index is -0.297. The largest absolute Gasteiger partial charge is 0.445 e. The minimum absolute atomic E-state index is 0.0236. The van der Waals surface area contributed by atoms with Gasteiger partial charge in [-0.05, 0) is 24.8 Å². The SMILES string of the molecule is O=C(OCc1ccccc1)N1CCCCC1C1OCCO1. The second-order valence-corrected chi connectivity index (χ2v) is 5.41. The van der Waals surface area contributed by atoms with Gasteiger partial charge in [0.2, 0.25) is 0 Å². The van der Waals surface area contributed by atoms with E-state index in [0.29, 0.717) is 26.4 Å². The zero-order chi connectivity index (χ0) is 14.5. The molecule has 0 spiro atoms. The van der Waals surface area contributed by atoms with Gasteiger partial charge >= 0.3 is 6.09 Å². The monoisotopic (exact) mass is 291 g/mol. The Balaban J connectivity index is 1.58. The fourth-order valence-corrected chi connectivity index (χ4v) is 2.87. The van der Waals surface area contributed by atoms with Crippen LogP contribution in [0.5, 0.6) is 0 Å². The molecule has 2 heterocycles. The van der Waals surface area contributed by atoms with Gasteiger partial charge in [-0.3, -0.25) is 0 Å². The molecular weight excluding hydrogens is 270 g/mol. The molecule has 2 fully saturated rings. The molecule has 0 aromatic heterocycles. The van der Waals surface area contributed by atoms with Crippen LogP contribution in [0.4, 0.5) is 4.79 Å². The number of nitrogens with zero attached hydrogens (tertiary/aromatic N) is 1. The van der Waals surface area contributed by atoms with E-state index in [1.807, 2.05) is 30.3 Å². The zero-order valence-corrected chi connectivity index (χ0v) is 12.1. The molecule has 1 amide bonds. The maximum absolute atomic E-state index is 12.3. The Morgan fingerprint density at radius 2 is 1.95 bits per heavy atom. The van der Waals surface area contributed by atoms with Crippen LogP contribution in [0.25, 0.3) is 0 Å². The third-order valence-electron chi connectivity index (χ3n) is 3.95. The molecule has 1 aromatic rings. The lowest BCUT2D eigenvalue weighted by atomic mass is 10.0. The summed E-state index contributed by atoms with van der Waals surface area (Å²) in [5.41, 5.74) is 0.993. The summed E-state index contributed by atoms with van der Waals surface area (Å²) >= 11 is 0. The van der Waals surface area contributed by atoms with Crippen molar-refractivity contribution in [1.29, 1.82) is 0 Å². The van der Waals surface area contributed by atoms with Crippen LogP contribution >= 0.6 is 0 Å². The Labute approximate surface area is 124 Å². The van der Waals surface area contributed by atoms with E-state index in [1.165, 1.54) is 0 Å². The van der Waals surface area contributed by atoms with Crippen molar-refractivity contribution in [2.24, 2.45) is 0 Å². The molecule has 5 nitrogen and oxygen atoms in total. The number of carbonyl (C=O) groups excluding carboxylic acids is 1. The van der Waals surface area contributed by atoms with Crippen LogP contribution < -0.4 is 0 Å². The van der Waals surface area contributed by atoms with Crippen LogP contribution in [-0.4, -0.2) is 43.1 Å². The first-order valence-corrected chi connectivity index (χ1v) is 7.55. The van der Waals surface area contributed by atoms with Crippen LogP contribution in [0.1, 0.15) is 24.8 Å². The van der Waals surface area contributed by atoms with E-state index in [2.05, 4.69) is 0 Å². The predicted octanol–water partition coefficient (Wildman–Crippen LogP) is 2.55. The molecule has 0 radical (unpaired) electrons. The number of piperidine rings is 1. The van der Waals surface area contributed by atoms with Crippen LogP contribution in [0.15, 0.2) is 30.3 Å². The quantitative estimate of drug-likeness (QED) is 0.858. The highest BCUT2D eigenvalue weighted by atomic mass is 16.7. The minimum Gasteiger partial charge on any atom is -0.445 e. The third kappa shape index (κ3) is 3.54. The highest BCUT2D eigenvalue weighted by molar-refractivity contribution is 5.68. The Hall–Kier alpha value is -1.59. The van der Waals surface area contributed by atoms with E-state index in [1.54, 1.807) is 4.90 Å². The zero-order valence-electron chi connectivity index (χ0n) is 12.1. The summed E-state index contributed by atoms with van der Waals surface area (Å²) in [5.74, 6) is 0. The van der Waals surface area contributed by atoms with Gasteiger partial charge in [0.05, 0.1) is 19.3 Å². The van der Waals surface area contributed by atoms with Crippen LogP contribution in [0, 0.1) is 0 Å². The molecule has 1 atom stereocenters. The topological polar surface area (TPSA) is 48.0 Å². The van der Waals surface area contributed by atoms with Crippen molar-refractivity contribution in [2.75, 3.05) is 19.8 Å². The van der Waals surface area contributed by atoms with Gasteiger partial charge < -0.3 is 19.1 Å². The first-order chi connectivity index (χ1) is 10.3. The summed E-state index contributed by atoms with van der Waals surface area (Å²) < 4.78 is 16.6. The molecule has 2 aliphatic heterocycles. The number of carbonyl (C=O) groups is 1. The number of rotatable bonds is 3. The molecular formula is C16H21NO4. The molecule has 2 saturated heterocycles. The van der Waals surface area contributed by atoms with Gasteiger partial charge in [0.25, 0.3) is 0 Å². The molecule has 0 aliphatic carbocycles. The van der Waals surface area contributed by atoms with Gasteiger partial charge in [-0.25, -0.2) is 4.79 Å². The van der Waals surface area contributed by atoms with Crippen molar-refractivity contribution in [2.45, 2.75) is 38.2 Å². The first kappa shape index (κ1) is 14.4. The Morgan fingerprint density at radius 1 is 1.19 bits per heavy atom. The third-order valence-corrected chi connectivity index (χ3v) is 3.95. The van der Waals surface area contributed by atoms with Crippen LogP contribution in [0.3, 0.4) is 0 Å². The first-order valence-electron chi connectivity index (χ1n) is 7.55. The van der Waals surface area contributed by atoms with Crippen molar-refractivity contribution in [3.05, 3.63) is 35.9 Å². The number of likely N-dealkylation sites (tertiary alicyclic amines) is 1. The average molecular weight is 291 g/mol. The Bertz CT molecular complexity index is 459. The molecule has 5 heteroatoms. The van der Waals surface area contributed by atoms with E-state index in [0.717, 1.165) is 24.8 Å². The molecule has 0 N–H and O–H groups in total. The normalized spacial score (nSPS) is 23.2. The molecule has 0 saturated carbocycles. The van der Waals surface area contributed by atoms with Crippen molar-refractivity contribution in [3.8, 4) is 0 Å². The van der Waals surface area contributed by atoms with Gasteiger partial charge in [0, 0.05) is 6.54 Å². The maximum Gasteiger partial charge on any atom is 0.410 e. The molecule has 2 aliphatic rings. The van der Waals surface area contributed by atoms with Gasteiger partial charge in [-0.2, -0.15) is 0 Å². The molecule has 21 heavy (non-hydrogen) atoms. The van der Waals surface area contributed by atoms with Crippen molar-refractivity contribution in [3.63, 3.8) is 0 Å². The van der Waals surface area contributed by atoms with Gasteiger partial charge in [0.15, 0.2) is 6.29 Å². The second kappa shape index (κ2) is 6.91. The predicted molar refractivity (Wildman–Crippen MR) is 76.7 cm³/mol. The number of hydrogen-bond acceptors (Lipinski definition) is 4. The highest BCUT2D eigenvalue weighted by Gasteiger charge is 2.36. The van der Waals surface area contributed by atoms with E-state index < -0.39 is 0 Å². The van der Waals surface area contributed by atoms with Crippen LogP contribution in [0.2, 0.25) is 0 Å². The molecule has 0 bridgehead atoms. The van der Waals surface area contributed by atoms with Gasteiger partial charge in [0.1, 0.15) is 6.61 Å². The van der Waals surface area contributed by atoms with Crippen molar-refractivity contribution >= 4 is 6.09 Å². The standard InChI is InChI=1S/C16H21NO4/c18-16(21-12-13-6-2-1-3-7-13)17-9-5-4-8-14(17)15-19-10-11-20-15/h1-3,6-7,14-15H,4-5,8-12H2. The van der Waals surface area contributed by atoms with Gasteiger partial charge in [-0.15, -0.1) is 0 Å². The molecule has 1 aromatic carbocycles. The van der Waals surface area contributed by atoms with E-state index in [4.69, 9.17) is 14.2 Å². The van der Waals surface area contributed by atoms with E-state index >= 15 is 0 Å². The number of hydrogen-bond donors (Lipinski definition) is 0. The Kier molecular flexibility index (Phi) is 4.72. The fraction of sp³-hybridized carbons (Fsp3) is 0.562. The number of ether oxygens (including phenoxy) is 3. The van der Waals surface area contributed by atoms with Crippen molar-refractivity contribution < 1.29 is 19.0 Å². The number of benzene rings is 1.